The first-order valence-electron chi connectivity index (χ1n) is 16.6. The molecule has 0 saturated heterocycles. The number of benzene rings is 8. The van der Waals surface area contributed by atoms with Crippen LogP contribution in [0.3, 0.4) is 0 Å². The summed E-state index contributed by atoms with van der Waals surface area (Å²) in [7, 11) is 0. The lowest BCUT2D eigenvalue weighted by atomic mass is 9.96. The molecule has 0 unspecified atom stereocenters. The first kappa shape index (κ1) is 28.6. The van der Waals surface area contributed by atoms with E-state index in [-0.39, 0.29) is 0 Å². The highest BCUT2D eigenvalue weighted by molar-refractivity contribution is 6.10. The topological polar surface area (TPSA) is 29.0 Å². The van der Waals surface area contributed by atoms with Crippen molar-refractivity contribution in [3.8, 4) is 33.5 Å². The number of nitrogens with zero attached hydrogens (tertiary/aromatic N) is 3. The molecule has 0 fully saturated rings. The molecule has 3 nitrogen and oxygen atoms in total. The Bertz CT molecular complexity index is 2600. The lowest BCUT2D eigenvalue weighted by molar-refractivity contribution is 1.12. The van der Waals surface area contributed by atoms with Crippen LogP contribution in [0.1, 0.15) is 0 Å². The zero-order valence-electron chi connectivity index (χ0n) is 26.7. The minimum absolute atomic E-state index is 0.614. The number of anilines is 3. The van der Waals surface area contributed by atoms with E-state index in [1.165, 1.54) is 10.9 Å². The van der Waals surface area contributed by atoms with Crippen molar-refractivity contribution in [1.82, 2.24) is 9.97 Å². The standard InChI is InChI=1S/C46H31N3/c1-4-14-32(15-5-1)38-26-29-43(42(31-38)34-17-6-2-7-18-34)49(39-27-24-33-16-10-11-22-37(33)30-39)46-47-44(36-20-8-3-9-21-36)41-28-25-35-19-12-13-23-40(35)45(41)48-46/h1-31H. The summed E-state index contributed by atoms with van der Waals surface area (Å²) >= 11 is 0. The predicted molar refractivity (Wildman–Crippen MR) is 206 cm³/mol. The Balaban J connectivity index is 1.38. The van der Waals surface area contributed by atoms with Gasteiger partial charge in [0.2, 0.25) is 5.95 Å². The molecule has 0 aliphatic rings. The molecule has 0 N–H and O–H groups in total. The molecule has 9 rings (SSSR count). The van der Waals surface area contributed by atoms with Crippen LogP contribution in [0.5, 0.6) is 0 Å². The molecular weight excluding hydrogens is 595 g/mol. The molecule has 0 bridgehead atoms. The van der Waals surface area contributed by atoms with Gasteiger partial charge >= 0.3 is 0 Å². The highest BCUT2D eigenvalue weighted by Crippen LogP contribution is 2.44. The van der Waals surface area contributed by atoms with Crippen LogP contribution in [0.25, 0.3) is 66.0 Å². The quantitative estimate of drug-likeness (QED) is 0.172. The van der Waals surface area contributed by atoms with E-state index in [0.717, 1.165) is 66.4 Å². The molecule has 0 radical (unpaired) electrons. The van der Waals surface area contributed by atoms with Crippen LogP contribution in [0.2, 0.25) is 0 Å². The first-order chi connectivity index (χ1) is 24.3. The molecule has 49 heavy (non-hydrogen) atoms. The second kappa shape index (κ2) is 12.2. The Hall–Kier alpha value is -6.58. The number of aromatic nitrogens is 2. The largest absolute Gasteiger partial charge is 0.278 e. The first-order valence-corrected chi connectivity index (χ1v) is 16.6. The smallest absolute Gasteiger partial charge is 0.235 e. The summed E-state index contributed by atoms with van der Waals surface area (Å²) in [5.74, 6) is 0.614. The fraction of sp³-hybridized carbons (Fsp3) is 0. The Kier molecular flexibility index (Phi) is 7.14. The van der Waals surface area contributed by atoms with Crippen LogP contribution in [-0.2, 0) is 0 Å². The molecule has 0 atom stereocenters. The van der Waals surface area contributed by atoms with Gasteiger partial charge in [-0.1, -0.05) is 158 Å². The van der Waals surface area contributed by atoms with E-state index in [0.29, 0.717) is 5.95 Å². The number of rotatable bonds is 6. The summed E-state index contributed by atoms with van der Waals surface area (Å²) in [5.41, 5.74) is 9.40. The van der Waals surface area contributed by atoms with Crippen molar-refractivity contribution in [1.29, 1.82) is 0 Å². The van der Waals surface area contributed by atoms with E-state index in [9.17, 15) is 0 Å². The Morgan fingerprint density at radius 1 is 0.367 bits per heavy atom. The van der Waals surface area contributed by atoms with Crippen molar-refractivity contribution >= 4 is 49.8 Å². The molecule has 1 heterocycles. The van der Waals surface area contributed by atoms with Gasteiger partial charge in [-0.15, -0.1) is 0 Å². The SMILES string of the molecule is c1ccc(-c2ccc(N(c3ccc4ccccc4c3)c3nc(-c4ccccc4)c4ccc5ccccc5c4n3)c(-c3ccccc3)c2)cc1. The van der Waals surface area contributed by atoms with Gasteiger partial charge in [0.05, 0.1) is 16.9 Å². The maximum atomic E-state index is 5.45. The van der Waals surface area contributed by atoms with Crippen LogP contribution in [0.15, 0.2) is 188 Å². The Labute approximate surface area is 285 Å². The molecule has 0 amide bonds. The van der Waals surface area contributed by atoms with Gasteiger partial charge < -0.3 is 0 Å². The van der Waals surface area contributed by atoms with Gasteiger partial charge in [-0.25, -0.2) is 9.97 Å². The third kappa shape index (κ3) is 5.28. The van der Waals surface area contributed by atoms with Crippen molar-refractivity contribution in [2.24, 2.45) is 0 Å². The molecule has 0 saturated carbocycles. The number of fused-ring (bicyclic) bond motifs is 4. The maximum Gasteiger partial charge on any atom is 0.235 e. The summed E-state index contributed by atoms with van der Waals surface area (Å²) in [6.45, 7) is 0. The molecule has 8 aromatic carbocycles. The molecule has 230 valence electrons. The highest BCUT2D eigenvalue weighted by atomic mass is 15.3. The van der Waals surface area contributed by atoms with Crippen LogP contribution in [-0.4, -0.2) is 9.97 Å². The molecule has 9 aromatic rings. The predicted octanol–water partition coefficient (Wildman–Crippen LogP) is 12.4. The van der Waals surface area contributed by atoms with Gasteiger partial charge in [0.25, 0.3) is 0 Å². The third-order valence-electron chi connectivity index (χ3n) is 9.25. The number of hydrogen-bond donors (Lipinski definition) is 0. The molecule has 0 aliphatic heterocycles. The minimum atomic E-state index is 0.614. The van der Waals surface area contributed by atoms with Crippen molar-refractivity contribution < 1.29 is 0 Å². The monoisotopic (exact) mass is 625 g/mol. The summed E-state index contributed by atoms with van der Waals surface area (Å²) in [6.07, 6.45) is 0. The van der Waals surface area contributed by atoms with Crippen LogP contribution in [0, 0.1) is 0 Å². The summed E-state index contributed by atoms with van der Waals surface area (Å²) in [4.78, 5) is 13.1. The lowest BCUT2D eigenvalue weighted by Crippen LogP contribution is -2.15. The van der Waals surface area contributed by atoms with E-state index < -0.39 is 0 Å². The fourth-order valence-electron chi connectivity index (χ4n) is 6.84. The van der Waals surface area contributed by atoms with Crippen molar-refractivity contribution in [3.05, 3.63) is 188 Å². The molecular formula is C46H31N3. The Morgan fingerprint density at radius 2 is 0.980 bits per heavy atom. The fourth-order valence-corrected chi connectivity index (χ4v) is 6.84. The maximum absolute atomic E-state index is 5.45. The van der Waals surface area contributed by atoms with Crippen LogP contribution in [0.4, 0.5) is 17.3 Å². The van der Waals surface area contributed by atoms with E-state index in [2.05, 4.69) is 187 Å². The van der Waals surface area contributed by atoms with Gasteiger partial charge in [-0.05, 0) is 63.2 Å². The van der Waals surface area contributed by atoms with Crippen molar-refractivity contribution in [3.63, 3.8) is 0 Å². The average Bonchev–Trinajstić information content (AvgIpc) is 3.19. The van der Waals surface area contributed by atoms with Gasteiger partial charge in [0.1, 0.15) is 0 Å². The summed E-state index contributed by atoms with van der Waals surface area (Å²) in [5, 5.41) is 5.61. The van der Waals surface area contributed by atoms with Crippen molar-refractivity contribution in [2.75, 3.05) is 4.90 Å². The Morgan fingerprint density at radius 3 is 1.73 bits per heavy atom. The average molecular weight is 626 g/mol. The zero-order chi connectivity index (χ0) is 32.6. The van der Waals surface area contributed by atoms with Crippen molar-refractivity contribution in [2.45, 2.75) is 0 Å². The zero-order valence-corrected chi connectivity index (χ0v) is 26.7. The van der Waals surface area contributed by atoms with E-state index in [4.69, 9.17) is 9.97 Å². The van der Waals surface area contributed by atoms with Crippen LogP contribution < -0.4 is 4.90 Å². The third-order valence-corrected chi connectivity index (χ3v) is 9.25. The minimum Gasteiger partial charge on any atom is -0.278 e. The lowest BCUT2D eigenvalue weighted by Gasteiger charge is -2.27. The highest BCUT2D eigenvalue weighted by Gasteiger charge is 2.23. The van der Waals surface area contributed by atoms with E-state index >= 15 is 0 Å². The van der Waals surface area contributed by atoms with Crippen LogP contribution >= 0.6 is 0 Å². The second-order valence-corrected chi connectivity index (χ2v) is 12.3. The number of hydrogen-bond acceptors (Lipinski definition) is 3. The summed E-state index contributed by atoms with van der Waals surface area (Å²) < 4.78 is 0. The van der Waals surface area contributed by atoms with E-state index in [1.807, 2.05) is 6.07 Å². The second-order valence-electron chi connectivity index (χ2n) is 12.3. The van der Waals surface area contributed by atoms with Gasteiger partial charge in [-0.3, -0.25) is 4.90 Å². The normalized spacial score (nSPS) is 11.3. The van der Waals surface area contributed by atoms with Gasteiger partial charge in [0, 0.05) is 27.6 Å². The van der Waals surface area contributed by atoms with Gasteiger partial charge in [0.15, 0.2) is 0 Å². The molecule has 0 aliphatic carbocycles. The van der Waals surface area contributed by atoms with E-state index in [1.54, 1.807) is 0 Å². The summed E-state index contributed by atoms with van der Waals surface area (Å²) in [6, 6.07) is 66.3. The van der Waals surface area contributed by atoms with Gasteiger partial charge in [-0.2, -0.15) is 0 Å². The molecule has 1 aromatic heterocycles. The molecule has 3 heteroatoms. The molecule has 0 spiro atoms.